The van der Waals surface area contributed by atoms with Gasteiger partial charge in [-0.1, -0.05) is 6.07 Å². The molecule has 0 spiro atoms. The van der Waals surface area contributed by atoms with E-state index < -0.39 is 10.8 Å². The number of anilines is 1. The van der Waals surface area contributed by atoms with Crippen LogP contribution in [0.4, 0.5) is 11.4 Å². The van der Waals surface area contributed by atoms with Crippen molar-refractivity contribution >= 4 is 23.2 Å². The number of nitro benzene ring substituents is 1. The Labute approximate surface area is 137 Å². The minimum absolute atomic E-state index is 0.135. The molecule has 8 nitrogen and oxygen atoms in total. The smallest absolute Gasteiger partial charge is 0.282 e. The highest BCUT2D eigenvalue weighted by molar-refractivity contribution is 6.07. The monoisotopic (exact) mass is 329 g/mol. The number of nitrogens with one attached hydrogen (secondary N) is 2. The first-order valence-electron chi connectivity index (χ1n) is 6.92. The van der Waals surface area contributed by atoms with E-state index in [0.29, 0.717) is 17.0 Å². The predicted molar refractivity (Wildman–Crippen MR) is 87.4 cm³/mol. The first kappa shape index (κ1) is 16.9. The molecular weight excluding hydrogens is 314 g/mol. The highest BCUT2D eigenvalue weighted by atomic mass is 16.6. The van der Waals surface area contributed by atoms with Gasteiger partial charge in [-0.3, -0.25) is 19.7 Å². The van der Waals surface area contributed by atoms with Crippen molar-refractivity contribution in [2.75, 3.05) is 19.5 Å². The molecule has 0 unspecified atom stereocenters. The van der Waals surface area contributed by atoms with Crippen LogP contribution in [0.1, 0.15) is 20.7 Å². The lowest BCUT2D eigenvalue weighted by molar-refractivity contribution is -0.385. The van der Waals surface area contributed by atoms with Crippen molar-refractivity contribution in [3.05, 3.63) is 63.7 Å². The van der Waals surface area contributed by atoms with Gasteiger partial charge in [0.05, 0.1) is 12.0 Å². The molecule has 0 atom stereocenters. The van der Waals surface area contributed by atoms with Gasteiger partial charge >= 0.3 is 0 Å². The van der Waals surface area contributed by atoms with Crippen LogP contribution in [-0.2, 0) is 0 Å². The lowest BCUT2D eigenvalue weighted by Gasteiger charge is -2.08. The van der Waals surface area contributed by atoms with Gasteiger partial charge in [-0.05, 0) is 30.3 Å². The Morgan fingerprint density at radius 1 is 1.12 bits per heavy atom. The zero-order valence-electron chi connectivity index (χ0n) is 13.0. The summed E-state index contributed by atoms with van der Waals surface area (Å²) in [5, 5.41) is 16.1. The number of hydrogen-bond donors (Lipinski definition) is 2. The number of rotatable bonds is 5. The molecule has 0 aliphatic rings. The molecule has 0 fully saturated rings. The van der Waals surface area contributed by atoms with E-state index in [-0.39, 0.29) is 17.2 Å². The van der Waals surface area contributed by atoms with Crippen molar-refractivity contribution in [3.8, 4) is 5.75 Å². The number of ether oxygens (including phenoxy) is 1. The third kappa shape index (κ3) is 3.67. The zero-order valence-corrected chi connectivity index (χ0v) is 13.0. The Hall–Kier alpha value is -3.42. The van der Waals surface area contributed by atoms with Crippen molar-refractivity contribution in [1.29, 1.82) is 0 Å². The predicted octanol–water partition coefficient (Wildman–Crippen LogP) is 2.22. The van der Waals surface area contributed by atoms with Gasteiger partial charge in [-0.25, -0.2) is 0 Å². The van der Waals surface area contributed by atoms with Gasteiger partial charge in [0, 0.05) is 24.4 Å². The summed E-state index contributed by atoms with van der Waals surface area (Å²) >= 11 is 0. The highest BCUT2D eigenvalue weighted by Crippen LogP contribution is 2.25. The van der Waals surface area contributed by atoms with E-state index in [1.807, 2.05) is 0 Å². The van der Waals surface area contributed by atoms with Crippen molar-refractivity contribution in [1.82, 2.24) is 5.32 Å². The minimum atomic E-state index is -0.672. The molecule has 2 aromatic rings. The molecule has 0 aromatic heterocycles. The Balaban J connectivity index is 2.33. The van der Waals surface area contributed by atoms with Crippen molar-refractivity contribution < 1.29 is 19.2 Å². The summed E-state index contributed by atoms with van der Waals surface area (Å²) in [6, 6.07) is 10.1. The average Bonchev–Trinajstić information content (AvgIpc) is 2.60. The van der Waals surface area contributed by atoms with E-state index in [4.69, 9.17) is 4.74 Å². The van der Waals surface area contributed by atoms with Crippen LogP contribution in [0.2, 0.25) is 0 Å². The Morgan fingerprint density at radius 2 is 1.88 bits per heavy atom. The van der Waals surface area contributed by atoms with E-state index in [9.17, 15) is 19.7 Å². The van der Waals surface area contributed by atoms with Crippen LogP contribution >= 0.6 is 0 Å². The maximum absolute atomic E-state index is 12.4. The van der Waals surface area contributed by atoms with E-state index in [0.717, 1.165) is 0 Å². The quantitative estimate of drug-likeness (QED) is 0.645. The second-order valence-corrected chi connectivity index (χ2v) is 4.75. The zero-order chi connectivity index (χ0) is 17.7. The normalized spacial score (nSPS) is 9.92. The number of methoxy groups -OCH3 is 1. The molecule has 0 heterocycles. The first-order chi connectivity index (χ1) is 11.5. The lowest BCUT2D eigenvalue weighted by atomic mass is 10.1. The number of carbonyl (C=O) groups excluding carboxylic acids is 2. The van der Waals surface area contributed by atoms with Crippen LogP contribution in [0.25, 0.3) is 0 Å². The summed E-state index contributed by atoms with van der Waals surface area (Å²) in [7, 11) is 2.89. The molecule has 2 N–H and O–H groups in total. The minimum Gasteiger partial charge on any atom is -0.497 e. The van der Waals surface area contributed by atoms with E-state index in [2.05, 4.69) is 10.6 Å². The summed E-state index contributed by atoms with van der Waals surface area (Å²) in [4.78, 5) is 34.5. The SMILES string of the molecule is CNC(=O)c1cccc(NC(=O)c2cc(OC)ccc2[N+](=O)[O-])c1. The molecule has 2 aromatic carbocycles. The molecule has 0 saturated heterocycles. The number of benzene rings is 2. The van der Waals surface area contributed by atoms with Gasteiger partial charge in [0.2, 0.25) is 0 Å². The third-order valence-corrected chi connectivity index (χ3v) is 3.25. The first-order valence-corrected chi connectivity index (χ1v) is 6.92. The number of hydrogen-bond acceptors (Lipinski definition) is 5. The molecule has 2 rings (SSSR count). The third-order valence-electron chi connectivity index (χ3n) is 3.25. The molecule has 0 radical (unpaired) electrons. The molecule has 2 amide bonds. The van der Waals surface area contributed by atoms with E-state index >= 15 is 0 Å². The largest absolute Gasteiger partial charge is 0.497 e. The van der Waals surface area contributed by atoms with Gasteiger partial charge in [0.25, 0.3) is 17.5 Å². The van der Waals surface area contributed by atoms with Crippen LogP contribution in [0.3, 0.4) is 0 Å². The van der Waals surface area contributed by atoms with Crippen molar-refractivity contribution in [2.24, 2.45) is 0 Å². The molecule has 8 heteroatoms. The molecule has 0 aliphatic carbocycles. The summed E-state index contributed by atoms with van der Waals surface area (Å²) < 4.78 is 5.00. The molecule has 0 bridgehead atoms. The van der Waals surface area contributed by atoms with Crippen molar-refractivity contribution in [2.45, 2.75) is 0 Å². The summed E-state index contributed by atoms with van der Waals surface area (Å²) in [5.74, 6) is -0.655. The Morgan fingerprint density at radius 3 is 2.50 bits per heavy atom. The molecule has 0 saturated carbocycles. The maximum atomic E-state index is 12.4. The van der Waals surface area contributed by atoms with Gasteiger partial charge < -0.3 is 15.4 Å². The summed E-state index contributed by atoms with van der Waals surface area (Å²) in [6.45, 7) is 0. The maximum Gasteiger partial charge on any atom is 0.282 e. The van der Waals surface area contributed by atoms with E-state index in [1.54, 1.807) is 18.2 Å². The topological polar surface area (TPSA) is 111 Å². The molecule has 0 aliphatic heterocycles. The fraction of sp³-hybridized carbons (Fsp3) is 0.125. The summed E-state index contributed by atoms with van der Waals surface area (Å²) in [6.07, 6.45) is 0. The number of nitrogens with zero attached hydrogens (tertiary/aromatic N) is 1. The molecule has 124 valence electrons. The number of amides is 2. The van der Waals surface area contributed by atoms with Crippen LogP contribution in [0.15, 0.2) is 42.5 Å². The second kappa shape index (κ2) is 7.23. The number of nitro groups is 1. The van der Waals surface area contributed by atoms with Crippen molar-refractivity contribution in [3.63, 3.8) is 0 Å². The van der Waals surface area contributed by atoms with Gasteiger partial charge in [-0.2, -0.15) is 0 Å². The molecule has 24 heavy (non-hydrogen) atoms. The van der Waals surface area contributed by atoms with Crippen LogP contribution < -0.4 is 15.4 Å². The summed E-state index contributed by atoms with van der Waals surface area (Å²) in [5.41, 5.74) is 0.231. The van der Waals surface area contributed by atoms with Crippen LogP contribution in [0.5, 0.6) is 5.75 Å². The van der Waals surface area contributed by atoms with Gasteiger partial charge in [0.1, 0.15) is 11.3 Å². The average molecular weight is 329 g/mol. The standard InChI is InChI=1S/C16H15N3O5/c1-17-15(20)10-4-3-5-11(8-10)18-16(21)13-9-12(24-2)6-7-14(13)19(22)23/h3-9H,1-2H3,(H,17,20)(H,18,21). The Kier molecular flexibility index (Phi) is 5.10. The lowest BCUT2D eigenvalue weighted by Crippen LogP contribution is -2.18. The fourth-order valence-electron chi connectivity index (χ4n) is 2.06. The van der Waals surface area contributed by atoms with Gasteiger partial charge in [0.15, 0.2) is 0 Å². The fourth-order valence-corrected chi connectivity index (χ4v) is 2.06. The number of carbonyl (C=O) groups is 2. The second-order valence-electron chi connectivity index (χ2n) is 4.75. The van der Waals surface area contributed by atoms with Gasteiger partial charge in [-0.15, -0.1) is 0 Å². The van der Waals surface area contributed by atoms with Crippen LogP contribution in [-0.4, -0.2) is 30.9 Å². The Bertz CT molecular complexity index is 804. The van der Waals surface area contributed by atoms with E-state index in [1.165, 1.54) is 38.4 Å². The highest BCUT2D eigenvalue weighted by Gasteiger charge is 2.21. The molecular formula is C16H15N3O5. The van der Waals surface area contributed by atoms with Crippen LogP contribution in [0, 0.1) is 10.1 Å².